The maximum absolute atomic E-state index is 2.58. The van der Waals surface area contributed by atoms with E-state index in [9.17, 15) is 0 Å². The summed E-state index contributed by atoms with van der Waals surface area (Å²) in [6, 6.07) is 100. The van der Waals surface area contributed by atoms with Gasteiger partial charge in [-0.05, 0) is 153 Å². The van der Waals surface area contributed by atoms with Crippen molar-refractivity contribution in [3.05, 3.63) is 289 Å². The van der Waals surface area contributed by atoms with Crippen molar-refractivity contribution < 1.29 is 0 Å². The molecule has 0 N–H and O–H groups in total. The highest BCUT2D eigenvalue weighted by Crippen LogP contribution is 2.64. The summed E-state index contributed by atoms with van der Waals surface area (Å²) in [5, 5.41) is 12.5. The first kappa shape index (κ1) is 40.3. The Bertz CT molecular complexity index is 4500. The number of para-hydroxylation sites is 2. The largest absolute Gasteiger partial charge is 0.308 e. The Kier molecular flexibility index (Phi) is 8.41. The Morgan fingerprint density at radius 1 is 0.274 bits per heavy atom. The molecule has 2 heteroatoms. The molecule has 2 aliphatic rings. The van der Waals surface area contributed by atoms with E-state index in [2.05, 4.69) is 276 Å². The van der Waals surface area contributed by atoms with Crippen LogP contribution in [0.2, 0.25) is 0 Å². The molecule has 0 aliphatic heterocycles. The lowest BCUT2D eigenvalue weighted by molar-refractivity contribution is 0.793. The van der Waals surface area contributed by atoms with Crippen LogP contribution in [0.3, 0.4) is 0 Å². The lowest BCUT2D eigenvalue weighted by Gasteiger charge is -2.33. The van der Waals surface area contributed by atoms with Gasteiger partial charge in [-0.3, -0.25) is 0 Å². The van der Waals surface area contributed by atoms with E-state index in [1.165, 1.54) is 121 Å². The van der Waals surface area contributed by atoms with Crippen LogP contribution >= 0.6 is 0 Å². The molecule has 0 atom stereocenters. The molecule has 1 spiro atoms. The van der Waals surface area contributed by atoms with E-state index in [0.29, 0.717) is 0 Å². The van der Waals surface area contributed by atoms with Gasteiger partial charge >= 0.3 is 0 Å². The second kappa shape index (κ2) is 15.3. The summed E-state index contributed by atoms with van der Waals surface area (Å²) in [6.45, 7) is 0. The molecule has 2 nitrogen and oxygen atoms in total. The van der Waals surface area contributed by atoms with Gasteiger partial charge in [0.25, 0.3) is 0 Å². The van der Waals surface area contributed by atoms with Crippen LogP contribution < -0.4 is 4.90 Å². The third-order valence-corrected chi connectivity index (χ3v) is 16.3. The Balaban J connectivity index is 1.04. The number of rotatable bonds is 5. The summed E-state index contributed by atoms with van der Waals surface area (Å²) in [6.07, 6.45) is 0. The van der Waals surface area contributed by atoms with Crippen LogP contribution in [-0.4, -0.2) is 4.57 Å². The normalized spacial score (nSPS) is 13.0. The Morgan fingerprint density at radius 3 is 1.33 bits per heavy atom. The molecule has 0 saturated heterocycles. The number of hydrogen-bond acceptors (Lipinski definition) is 1. The standard InChI is InChI=1S/C71H44N2/c1-2-18-47-41-48(34-33-45(47)17-1)46-35-37-49(38-36-46)72(50-39-40-55-53-21-4-3-19-51(53)52-20-5-6-22-54(52)61(55)42-50)70-44-66-62(43-69(70)73-67-31-15-10-26-59(67)60-27-11-16-32-68(60)73)58-25-9-14-30-65(58)71(66)63-28-12-7-23-56(63)57-24-8-13-29-64(57)71/h1-44H. The predicted octanol–water partition coefficient (Wildman–Crippen LogP) is 18.9. The molecule has 0 saturated carbocycles. The zero-order valence-electron chi connectivity index (χ0n) is 39.8. The van der Waals surface area contributed by atoms with Gasteiger partial charge in [0, 0.05) is 22.1 Å². The Labute approximate surface area is 422 Å². The van der Waals surface area contributed by atoms with E-state index < -0.39 is 5.41 Å². The average molecular weight is 925 g/mol. The summed E-state index contributed by atoms with van der Waals surface area (Å²) in [5.74, 6) is 0. The highest BCUT2D eigenvalue weighted by Gasteiger charge is 2.52. The highest BCUT2D eigenvalue weighted by atomic mass is 15.2. The van der Waals surface area contributed by atoms with Gasteiger partial charge < -0.3 is 9.47 Å². The molecule has 0 unspecified atom stereocenters. The molecule has 338 valence electrons. The fourth-order valence-corrected chi connectivity index (χ4v) is 13.3. The zero-order chi connectivity index (χ0) is 47.8. The van der Waals surface area contributed by atoms with Crippen LogP contribution in [0.15, 0.2) is 267 Å². The van der Waals surface area contributed by atoms with Crippen molar-refractivity contribution in [1.82, 2.24) is 4.57 Å². The van der Waals surface area contributed by atoms with Gasteiger partial charge in [-0.1, -0.05) is 212 Å². The first-order chi connectivity index (χ1) is 36.2. The van der Waals surface area contributed by atoms with E-state index >= 15 is 0 Å². The minimum atomic E-state index is -0.544. The van der Waals surface area contributed by atoms with Gasteiger partial charge in [0.15, 0.2) is 0 Å². The van der Waals surface area contributed by atoms with E-state index in [1.54, 1.807) is 0 Å². The molecule has 0 fully saturated rings. The van der Waals surface area contributed by atoms with Gasteiger partial charge in [-0.2, -0.15) is 0 Å². The van der Waals surface area contributed by atoms with Crippen LogP contribution in [0.1, 0.15) is 22.3 Å². The minimum absolute atomic E-state index is 0.544. The monoisotopic (exact) mass is 924 g/mol. The number of fused-ring (bicyclic) bond motifs is 20. The molecule has 0 radical (unpaired) electrons. The summed E-state index contributed by atoms with van der Waals surface area (Å²) in [4.78, 5) is 2.55. The third kappa shape index (κ3) is 5.58. The topological polar surface area (TPSA) is 8.17 Å². The SMILES string of the molecule is c1ccc2c(c1)-c1ccccc1C21c2ccccc2-c2cc(-n3c4ccccc4c4ccccc43)c(N(c3ccc(-c4ccc5ccccc5c4)cc3)c3ccc4c5ccccc5c5ccccc5c4c3)cc21. The molecule has 1 aromatic heterocycles. The van der Waals surface area contributed by atoms with Gasteiger partial charge in [0.05, 0.1) is 27.8 Å². The Morgan fingerprint density at radius 2 is 0.726 bits per heavy atom. The van der Waals surface area contributed by atoms with Crippen molar-refractivity contribution in [2.75, 3.05) is 4.90 Å². The summed E-state index contributed by atoms with van der Waals surface area (Å²) < 4.78 is 2.53. The molecule has 16 rings (SSSR count). The van der Waals surface area contributed by atoms with E-state index in [1.807, 2.05) is 0 Å². The van der Waals surface area contributed by atoms with Gasteiger partial charge in [0.2, 0.25) is 0 Å². The van der Waals surface area contributed by atoms with Crippen molar-refractivity contribution in [2.24, 2.45) is 0 Å². The quantitative estimate of drug-likeness (QED) is 0.156. The number of benzene rings is 13. The average Bonchev–Trinajstić information content (AvgIpc) is 4.15. The highest BCUT2D eigenvalue weighted by molar-refractivity contribution is 6.26. The van der Waals surface area contributed by atoms with Gasteiger partial charge in [0.1, 0.15) is 0 Å². The molecule has 1 heterocycles. The second-order valence-corrected chi connectivity index (χ2v) is 19.9. The first-order valence-corrected chi connectivity index (χ1v) is 25.4. The maximum Gasteiger partial charge on any atom is 0.0726 e. The Hall–Kier alpha value is -9.50. The van der Waals surface area contributed by atoms with Crippen molar-refractivity contribution in [1.29, 1.82) is 0 Å². The molecule has 13 aromatic carbocycles. The molecule has 73 heavy (non-hydrogen) atoms. The summed E-state index contributed by atoms with van der Waals surface area (Å²) in [7, 11) is 0. The van der Waals surface area contributed by atoms with Crippen molar-refractivity contribution in [2.45, 2.75) is 5.41 Å². The summed E-state index contributed by atoms with van der Waals surface area (Å²) >= 11 is 0. The van der Waals surface area contributed by atoms with Crippen molar-refractivity contribution in [3.63, 3.8) is 0 Å². The van der Waals surface area contributed by atoms with Crippen LogP contribution in [0.25, 0.3) is 104 Å². The fraction of sp³-hybridized carbons (Fsp3) is 0.0141. The number of anilines is 3. The molecule has 0 amide bonds. The number of hydrogen-bond donors (Lipinski definition) is 0. The van der Waals surface area contributed by atoms with Crippen molar-refractivity contribution in [3.8, 4) is 39.1 Å². The van der Waals surface area contributed by atoms with Crippen LogP contribution in [0, 0.1) is 0 Å². The third-order valence-electron chi connectivity index (χ3n) is 16.3. The van der Waals surface area contributed by atoms with E-state index in [0.717, 1.165) is 22.7 Å². The lowest BCUT2D eigenvalue weighted by atomic mass is 9.70. The van der Waals surface area contributed by atoms with Crippen LogP contribution in [0.5, 0.6) is 0 Å². The lowest BCUT2D eigenvalue weighted by Crippen LogP contribution is -2.26. The molecule has 0 bridgehead atoms. The van der Waals surface area contributed by atoms with Crippen LogP contribution in [0.4, 0.5) is 17.1 Å². The number of aromatic nitrogens is 1. The second-order valence-electron chi connectivity index (χ2n) is 19.9. The smallest absolute Gasteiger partial charge is 0.0726 e. The zero-order valence-corrected chi connectivity index (χ0v) is 39.8. The van der Waals surface area contributed by atoms with Crippen LogP contribution in [-0.2, 0) is 5.41 Å². The first-order valence-electron chi connectivity index (χ1n) is 25.4. The molecule has 2 aliphatic carbocycles. The molecular formula is C71H44N2. The van der Waals surface area contributed by atoms with Gasteiger partial charge in [-0.15, -0.1) is 0 Å². The number of nitrogens with zero attached hydrogens (tertiary/aromatic N) is 2. The summed E-state index contributed by atoms with van der Waals surface area (Å²) in [5.41, 5.74) is 18.9. The van der Waals surface area contributed by atoms with E-state index in [-0.39, 0.29) is 0 Å². The maximum atomic E-state index is 2.58. The molecular weight excluding hydrogens is 881 g/mol. The van der Waals surface area contributed by atoms with E-state index in [4.69, 9.17) is 0 Å². The molecule has 14 aromatic rings. The minimum Gasteiger partial charge on any atom is -0.308 e. The van der Waals surface area contributed by atoms with Crippen molar-refractivity contribution >= 4 is 82.0 Å². The van der Waals surface area contributed by atoms with Gasteiger partial charge in [-0.25, -0.2) is 0 Å². The fourth-order valence-electron chi connectivity index (χ4n) is 13.3. The predicted molar refractivity (Wildman–Crippen MR) is 307 cm³/mol.